The molecule has 2 aromatic carbocycles. The Hall–Kier alpha value is -2.15. The summed E-state index contributed by atoms with van der Waals surface area (Å²) >= 11 is 0. The Morgan fingerprint density at radius 2 is 1.71 bits per heavy atom. The fraction of sp³-hybridized carbons (Fsp3) is 0.364. The van der Waals surface area contributed by atoms with E-state index in [1.165, 1.54) is 0 Å². The number of nitrogens with zero attached hydrogens (tertiary/aromatic N) is 3. The van der Waals surface area contributed by atoms with Crippen LogP contribution in [0.4, 0.5) is 0 Å². The third-order valence-electron chi connectivity index (χ3n) is 6.28. The standard InChI is InChI=1S/C22H25N3O2S/c1-15-8-9-20-18(14-15)22-21(16(2)24-12-10-23(3)11-13-24)17-6-4-5-7-19(17)25(22)28(20,26)27/h4-9,14,16H,10-13H2,1-3H3/t16-/m1/s1. The second kappa shape index (κ2) is 6.17. The van der Waals surface area contributed by atoms with E-state index in [0.717, 1.165) is 59.5 Å². The van der Waals surface area contributed by atoms with Crippen LogP contribution in [0.3, 0.4) is 0 Å². The lowest BCUT2D eigenvalue weighted by Crippen LogP contribution is -2.45. The number of benzene rings is 2. The molecule has 5 rings (SSSR count). The van der Waals surface area contributed by atoms with Gasteiger partial charge in [0.1, 0.15) is 0 Å². The fourth-order valence-corrected chi connectivity index (χ4v) is 6.43. The molecule has 1 aromatic heterocycles. The molecule has 146 valence electrons. The Balaban J connectivity index is 1.79. The average Bonchev–Trinajstić information content (AvgIpc) is 3.13. The zero-order chi connectivity index (χ0) is 19.6. The van der Waals surface area contributed by atoms with Gasteiger partial charge in [0.15, 0.2) is 0 Å². The van der Waals surface area contributed by atoms with Gasteiger partial charge >= 0.3 is 0 Å². The molecule has 0 radical (unpaired) electrons. The van der Waals surface area contributed by atoms with Crippen molar-refractivity contribution in [2.75, 3.05) is 33.2 Å². The van der Waals surface area contributed by atoms with E-state index >= 15 is 0 Å². The number of fused-ring (bicyclic) bond motifs is 5. The molecule has 0 N–H and O–H groups in total. The number of para-hydroxylation sites is 1. The number of rotatable bonds is 2. The first-order valence-electron chi connectivity index (χ1n) is 9.82. The summed E-state index contributed by atoms with van der Waals surface area (Å²) in [5, 5.41) is 1.04. The molecule has 0 spiro atoms. The topological polar surface area (TPSA) is 45.5 Å². The van der Waals surface area contributed by atoms with E-state index in [1.54, 1.807) is 10.0 Å². The molecule has 0 bridgehead atoms. The Kier molecular flexibility index (Phi) is 3.95. The van der Waals surface area contributed by atoms with Crippen molar-refractivity contribution in [1.29, 1.82) is 0 Å². The lowest BCUT2D eigenvalue weighted by molar-refractivity contribution is 0.120. The highest BCUT2D eigenvalue weighted by atomic mass is 32.2. The van der Waals surface area contributed by atoms with Crippen molar-refractivity contribution in [2.45, 2.75) is 24.8 Å². The van der Waals surface area contributed by atoms with E-state index in [9.17, 15) is 8.42 Å². The van der Waals surface area contributed by atoms with Crippen LogP contribution in [0.5, 0.6) is 0 Å². The summed E-state index contributed by atoms with van der Waals surface area (Å²) in [5.74, 6) is 0. The van der Waals surface area contributed by atoms with Crippen molar-refractivity contribution in [3.63, 3.8) is 0 Å². The van der Waals surface area contributed by atoms with Gasteiger partial charge in [-0.3, -0.25) is 4.90 Å². The molecule has 6 heteroatoms. The molecule has 2 aliphatic rings. The monoisotopic (exact) mass is 395 g/mol. The predicted octanol–water partition coefficient (Wildman–Crippen LogP) is 3.48. The van der Waals surface area contributed by atoms with Crippen LogP contribution < -0.4 is 0 Å². The maximum absolute atomic E-state index is 13.4. The molecule has 2 aliphatic heterocycles. The predicted molar refractivity (Wildman–Crippen MR) is 112 cm³/mol. The van der Waals surface area contributed by atoms with Gasteiger partial charge in [0.2, 0.25) is 0 Å². The Morgan fingerprint density at radius 3 is 2.46 bits per heavy atom. The molecular formula is C22H25N3O2S. The molecule has 0 amide bonds. The van der Waals surface area contributed by atoms with Crippen LogP contribution in [0.25, 0.3) is 22.2 Å². The van der Waals surface area contributed by atoms with Gasteiger partial charge in [-0.15, -0.1) is 0 Å². The van der Waals surface area contributed by atoms with Gasteiger partial charge in [-0.1, -0.05) is 29.8 Å². The van der Waals surface area contributed by atoms with Gasteiger partial charge in [-0.25, -0.2) is 12.4 Å². The van der Waals surface area contributed by atoms with Crippen molar-refractivity contribution < 1.29 is 8.42 Å². The molecular weight excluding hydrogens is 370 g/mol. The first kappa shape index (κ1) is 17.9. The van der Waals surface area contributed by atoms with Gasteiger partial charge in [-0.2, -0.15) is 0 Å². The van der Waals surface area contributed by atoms with Crippen molar-refractivity contribution in [2.24, 2.45) is 0 Å². The molecule has 3 heterocycles. The van der Waals surface area contributed by atoms with Crippen LogP contribution >= 0.6 is 0 Å². The Morgan fingerprint density at radius 1 is 1.00 bits per heavy atom. The van der Waals surface area contributed by atoms with E-state index in [4.69, 9.17) is 0 Å². The second-order valence-electron chi connectivity index (χ2n) is 8.06. The fourth-order valence-electron chi connectivity index (χ4n) is 4.71. The average molecular weight is 396 g/mol. The summed E-state index contributed by atoms with van der Waals surface area (Å²) in [6.45, 7) is 8.28. The molecule has 0 aliphatic carbocycles. The zero-order valence-electron chi connectivity index (χ0n) is 16.5. The molecule has 0 unspecified atom stereocenters. The van der Waals surface area contributed by atoms with Gasteiger partial charge in [0, 0.05) is 48.7 Å². The van der Waals surface area contributed by atoms with Crippen LogP contribution in [0.15, 0.2) is 47.4 Å². The van der Waals surface area contributed by atoms with Gasteiger partial charge < -0.3 is 4.90 Å². The number of aryl methyl sites for hydroxylation is 1. The summed E-state index contributed by atoms with van der Waals surface area (Å²) in [7, 11) is -1.42. The summed E-state index contributed by atoms with van der Waals surface area (Å²) in [4.78, 5) is 5.24. The molecule has 1 atom stereocenters. The van der Waals surface area contributed by atoms with Crippen LogP contribution in [0, 0.1) is 6.92 Å². The summed E-state index contributed by atoms with van der Waals surface area (Å²) in [6, 6.07) is 13.7. The van der Waals surface area contributed by atoms with E-state index in [1.807, 2.05) is 37.3 Å². The smallest absolute Gasteiger partial charge is 0.269 e. The molecule has 1 saturated heterocycles. The molecule has 0 saturated carbocycles. The van der Waals surface area contributed by atoms with Crippen molar-refractivity contribution in [1.82, 2.24) is 13.8 Å². The van der Waals surface area contributed by atoms with E-state index in [2.05, 4.69) is 29.8 Å². The van der Waals surface area contributed by atoms with E-state index in [0.29, 0.717) is 4.90 Å². The van der Waals surface area contributed by atoms with Gasteiger partial charge in [-0.05, 0) is 39.1 Å². The summed E-state index contributed by atoms with van der Waals surface area (Å²) in [6.07, 6.45) is 0. The normalized spacial score (nSPS) is 20.2. The van der Waals surface area contributed by atoms with Crippen molar-refractivity contribution >= 4 is 20.9 Å². The lowest BCUT2D eigenvalue weighted by Gasteiger charge is -2.36. The highest BCUT2D eigenvalue weighted by Crippen LogP contribution is 2.48. The molecule has 3 aromatic rings. The lowest BCUT2D eigenvalue weighted by atomic mass is 9.97. The van der Waals surface area contributed by atoms with Gasteiger partial charge in [0.05, 0.1) is 16.1 Å². The number of likely N-dealkylation sites (N-methyl/N-ethyl adjacent to an activating group) is 1. The maximum Gasteiger partial charge on any atom is 0.269 e. The highest BCUT2D eigenvalue weighted by Gasteiger charge is 2.39. The minimum absolute atomic E-state index is 0.150. The van der Waals surface area contributed by atoms with Gasteiger partial charge in [0.25, 0.3) is 10.0 Å². The first-order chi connectivity index (χ1) is 13.4. The Bertz CT molecular complexity index is 1190. The minimum atomic E-state index is -3.57. The minimum Gasteiger partial charge on any atom is -0.304 e. The largest absolute Gasteiger partial charge is 0.304 e. The molecule has 5 nitrogen and oxygen atoms in total. The van der Waals surface area contributed by atoms with E-state index < -0.39 is 10.0 Å². The number of hydrogen-bond acceptors (Lipinski definition) is 4. The number of hydrogen-bond donors (Lipinski definition) is 0. The quantitative estimate of drug-likeness (QED) is 0.521. The third-order valence-corrected chi connectivity index (χ3v) is 8.05. The number of aromatic nitrogens is 1. The molecule has 1 fully saturated rings. The van der Waals surface area contributed by atoms with Crippen LogP contribution in [-0.4, -0.2) is 55.4 Å². The third kappa shape index (κ3) is 2.41. The first-order valence-corrected chi connectivity index (χ1v) is 11.3. The Labute approximate surface area is 166 Å². The summed E-state index contributed by atoms with van der Waals surface area (Å²) < 4.78 is 28.4. The van der Waals surface area contributed by atoms with Crippen LogP contribution in [-0.2, 0) is 10.0 Å². The van der Waals surface area contributed by atoms with E-state index in [-0.39, 0.29) is 6.04 Å². The summed E-state index contributed by atoms with van der Waals surface area (Å²) in [5.41, 5.74) is 4.68. The zero-order valence-corrected chi connectivity index (χ0v) is 17.3. The van der Waals surface area contributed by atoms with Crippen molar-refractivity contribution in [3.05, 3.63) is 53.6 Å². The number of piperazine rings is 1. The van der Waals surface area contributed by atoms with Crippen molar-refractivity contribution in [3.8, 4) is 11.3 Å². The van der Waals surface area contributed by atoms with Crippen LogP contribution in [0.2, 0.25) is 0 Å². The SMILES string of the molecule is Cc1ccc2c(c1)-c1c([C@@H](C)N3CCN(C)CC3)c3ccccc3n1S2(=O)=O. The second-order valence-corrected chi connectivity index (χ2v) is 9.82. The van der Waals surface area contributed by atoms with Crippen LogP contribution in [0.1, 0.15) is 24.1 Å². The maximum atomic E-state index is 13.4. The molecule has 28 heavy (non-hydrogen) atoms. The highest BCUT2D eigenvalue weighted by molar-refractivity contribution is 7.90.